The number of nitrogens with one attached hydrogen (secondary N) is 1. The van der Waals surface area contributed by atoms with Crippen LogP contribution in [0.3, 0.4) is 0 Å². The van der Waals surface area contributed by atoms with Crippen LogP contribution >= 0.6 is 0 Å². The summed E-state index contributed by atoms with van der Waals surface area (Å²) in [7, 11) is 3.81. The summed E-state index contributed by atoms with van der Waals surface area (Å²) in [4.78, 5) is 40.1. The van der Waals surface area contributed by atoms with Gasteiger partial charge in [0.1, 0.15) is 6.61 Å². The predicted molar refractivity (Wildman–Crippen MR) is 181 cm³/mol. The summed E-state index contributed by atoms with van der Waals surface area (Å²) >= 11 is 0. The number of rotatable bonds is 14. The van der Waals surface area contributed by atoms with Crippen molar-refractivity contribution in [3.05, 3.63) is 0 Å². The molecule has 4 N–H and O–H groups in total. The van der Waals surface area contributed by atoms with E-state index in [0.717, 1.165) is 5.92 Å². The Morgan fingerprint density at radius 1 is 0.976 bits per heavy atom. The van der Waals surface area contributed by atoms with Crippen LogP contribution in [0.4, 0.5) is 0 Å². The van der Waals surface area contributed by atoms with E-state index >= 15 is 0 Å². The van der Waals surface area contributed by atoms with Gasteiger partial charge in [0.15, 0.2) is 0 Å². The van der Waals surface area contributed by atoms with E-state index in [1.165, 1.54) is 19.3 Å². The van der Waals surface area contributed by atoms with Crippen LogP contribution in [0, 0.1) is 40.9 Å². The SMILES string of the molecule is C.C.C.C.C.C.C.C.CC1C2CCC(C2)C1CC(CC(CC(C)(C)C(=O)OCCN(C)C)C(=O)NCCO)C(N)=O. The van der Waals surface area contributed by atoms with Gasteiger partial charge in [0.2, 0.25) is 11.8 Å². The van der Waals surface area contributed by atoms with Crippen LogP contribution < -0.4 is 11.1 Å². The lowest BCUT2D eigenvalue weighted by Gasteiger charge is -2.33. The van der Waals surface area contributed by atoms with E-state index in [4.69, 9.17) is 15.6 Å². The van der Waals surface area contributed by atoms with Crippen LogP contribution in [0.15, 0.2) is 0 Å². The Balaban J connectivity index is -0.000000289. The maximum absolute atomic E-state index is 13.0. The van der Waals surface area contributed by atoms with Crippen molar-refractivity contribution in [3.8, 4) is 0 Å². The minimum absolute atomic E-state index is 0. The molecule has 2 saturated carbocycles. The standard InChI is InChI=1S/C25H45N3O5.8CH4/c1-16-17-6-7-18(12-17)21(16)14-19(22(26)30)13-20(23(31)27-8-10-29)15-25(2,3)24(32)33-11-9-28(4)5;;;;;;;;/h16-21,29H,6-15H2,1-5H3,(H2,26,30)(H,27,31);8*1H4. The number of nitrogens with two attached hydrogens (primary N) is 1. The minimum Gasteiger partial charge on any atom is -0.464 e. The smallest absolute Gasteiger partial charge is 0.311 e. The summed E-state index contributed by atoms with van der Waals surface area (Å²) in [5.74, 6) is 0.455. The first-order valence-corrected chi connectivity index (χ1v) is 12.5. The zero-order valence-corrected chi connectivity index (χ0v) is 21.1. The maximum atomic E-state index is 13.0. The minimum atomic E-state index is -0.893. The number of nitrogens with zero attached hydrogens (tertiary/aromatic N) is 1. The number of fused-ring (bicyclic) bond motifs is 2. The molecule has 0 radical (unpaired) electrons. The van der Waals surface area contributed by atoms with Gasteiger partial charge in [-0.15, -0.1) is 0 Å². The van der Waals surface area contributed by atoms with Crippen LogP contribution in [0.5, 0.6) is 0 Å². The van der Waals surface area contributed by atoms with Crippen molar-refractivity contribution in [2.45, 2.75) is 119 Å². The summed E-state index contributed by atoms with van der Waals surface area (Å²) in [5.41, 5.74) is 4.92. The average Bonchev–Trinajstić information content (AvgIpc) is 3.32. The fourth-order valence-electron chi connectivity index (χ4n) is 5.93. The number of aliphatic hydroxyl groups excluding tert-OH is 1. The number of carbonyl (C=O) groups is 3. The molecule has 8 heteroatoms. The van der Waals surface area contributed by atoms with Crippen LogP contribution in [0.25, 0.3) is 0 Å². The van der Waals surface area contributed by atoms with Gasteiger partial charge in [-0.1, -0.05) is 66.3 Å². The first-order valence-electron chi connectivity index (χ1n) is 12.5. The molecular weight excluding hydrogens is 518 g/mol. The molecule has 0 aromatic heterocycles. The monoisotopic (exact) mass is 596 g/mol. The second kappa shape index (κ2) is 24.9. The van der Waals surface area contributed by atoms with Gasteiger partial charge < -0.3 is 25.8 Å². The van der Waals surface area contributed by atoms with E-state index in [1.807, 2.05) is 19.0 Å². The molecule has 0 spiro atoms. The zero-order chi connectivity index (χ0) is 24.8. The van der Waals surface area contributed by atoms with Crippen LogP contribution in [-0.2, 0) is 19.1 Å². The highest BCUT2D eigenvalue weighted by Gasteiger charge is 2.46. The number of hydrogen-bond donors (Lipinski definition) is 3. The van der Waals surface area contributed by atoms with Crippen LogP contribution in [0.1, 0.15) is 119 Å². The van der Waals surface area contributed by atoms with Gasteiger partial charge in [-0.3, -0.25) is 14.4 Å². The lowest BCUT2D eigenvalue weighted by atomic mass is 9.72. The number of hydrogen-bond acceptors (Lipinski definition) is 6. The molecule has 2 bridgehead atoms. The molecule has 2 rings (SSSR count). The number of carbonyl (C=O) groups excluding carboxylic acids is 3. The van der Waals surface area contributed by atoms with Crippen molar-refractivity contribution >= 4 is 17.8 Å². The second-order valence-corrected chi connectivity index (χ2v) is 11.2. The molecule has 0 aromatic carbocycles. The molecule has 0 aliphatic heterocycles. The van der Waals surface area contributed by atoms with E-state index in [1.54, 1.807) is 13.8 Å². The van der Waals surface area contributed by atoms with Crippen molar-refractivity contribution in [1.82, 2.24) is 10.2 Å². The molecule has 0 saturated heterocycles. The highest BCUT2D eigenvalue weighted by atomic mass is 16.5. The van der Waals surface area contributed by atoms with Gasteiger partial charge >= 0.3 is 5.97 Å². The molecule has 0 aromatic rings. The number of likely N-dealkylation sites (N-methyl/N-ethyl adjacent to an activating group) is 1. The molecule has 8 nitrogen and oxygen atoms in total. The van der Waals surface area contributed by atoms with Gasteiger partial charge in [0, 0.05) is 24.9 Å². The third-order valence-electron chi connectivity index (χ3n) is 7.93. The Bertz CT molecular complexity index is 682. The highest BCUT2D eigenvalue weighted by molar-refractivity contribution is 5.83. The molecule has 2 fully saturated rings. The average molecular weight is 596 g/mol. The number of primary amides is 1. The summed E-state index contributed by atoms with van der Waals surface area (Å²) in [6, 6.07) is 0. The molecule has 6 unspecified atom stereocenters. The topological polar surface area (TPSA) is 122 Å². The highest BCUT2D eigenvalue weighted by Crippen LogP contribution is 2.54. The number of amides is 2. The fourth-order valence-corrected chi connectivity index (χ4v) is 5.93. The molecule has 2 aliphatic rings. The number of aliphatic hydroxyl groups is 1. The summed E-state index contributed by atoms with van der Waals surface area (Å²) < 4.78 is 5.44. The zero-order valence-electron chi connectivity index (χ0n) is 21.1. The van der Waals surface area contributed by atoms with E-state index in [9.17, 15) is 14.4 Å². The molecular formula is C33H77N3O5. The third-order valence-corrected chi connectivity index (χ3v) is 7.93. The first kappa shape index (κ1) is 55.3. The van der Waals surface area contributed by atoms with Crippen molar-refractivity contribution in [2.75, 3.05) is 40.4 Å². The Kier molecular flexibility index (Phi) is 33.6. The molecule has 2 aliphatic carbocycles. The van der Waals surface area contributed by atoms with Crippen molar-refractivity contribution < 1.29 is 24.2 Å². The van der Waals surface area contributed by atoms with Crippen molar-refractivity contribution in [1.29, 1.82) is 0 Å². The summed E-state index contributed by atoms with van der Waals surface area (Å²) in [6.45, 7) is 6.69. The Hall–Kier alpha value is -1.67. The first-order chi connectivity index (χ1) is 15.5. The van der Waals surface area contributed by atoms with Gasteiger partial charge in [-0.2, -0.15) is 0 Å². The molecule has 41 heavy (non-hydrogen) atoms. The molecule has 0 heterocycles. The van der Waals surface area contributed by atoms with Gasteiger partial charge in [-0.05, 0) is 90.1 Å². The Labute approximate surface area is 257 Å². The van der Waals surface area contributed by atoms with Crippen molar-refractivity contribution in [3.63, 3.8) is 0 Å². The van der Waals surface area contributed by atoms with Gasteiger partial charge in [0.25, 0.3) is 0 Å². The lowest BCUT2D eigenvalue weighted by Crippen LogP contribution is -2.40. The van der Waals surface area contributed by atoms with Crippen molar-refractivity contribution in [2.24, 2.45) is 46.7 Å². The molecule has 6 atom stereocenters. The van der Waals surface area contributed by atoms with E-state index in [0.29, 0.717) is 37.1 Å². The maximum Gasteiger partial charge on any atom is 0.311 e. The summed E-state index contributed by atoms with van der Waals surface area (Å²) in [6.07, 6.45) is 5.00. The molecule has 2 amide bonds. The van der Waals surface area contributed by atoms with Crippen LogP contribution in [0.2, 0.25) is 0 Å². The summed E-state index contributed by atoms with van der Waals surface area (Å²) in [5, 5.41) is 11.9. The number of ether oxygens (including phenoxy) is 1. The van der Waals surface area contributed by atoms with E-state index < -0.39 is 17.3 Å². The van der Waals surface area contributed by atoms with E-state index in [-0.39, 0.29) is 103 Å². The fraction of sp³-hybridized carbons (Fsp3) is 0.909. The third kappa shape index (κ3) is 15.9. The lowest BCUT2D eigenvalue weighted by molar-refractivity contribution is -0.155. The Morgan fingerprint density at radius 3 is 1.95 bits per heavy atom. The van der Waals surface area contributed by atoms with Gasteiger partial charge in [-0.25, -0.2) is 0 Å². The van der Waals surface area contributed by atoms with Gasteiger partial charge in [0.05, 0.1) is 12.0 Å². The molecule has 254 valence electrons. The number of esters is 1. The quantitative estimate of drug-likeness (QED) is 0.188. The normalized spacial score (nSPS) is 21.1. The second-order valence-electron chi connectivity index (χ2n) is 11.2. The van der Waals surface area contributed by atoms with E-state index in [2.05, 4.69) is 12.2 Å². The largest absolute Gasteiger partial charge is 0.464 e. The predicted octanol–water partition coefficient (Wildman–Crippen LogP) is 6.88. The van der Waals surface area contributed by atoms with Crippen LogP contribution in [-0.4, -0.2) is 68.2 Å². The Morgan fingerprint density at radius 2 is 1.51 bits per heavy atom.